The smallest absolute Gasteiger partial charge is 0.280 e. The second-order valence-corrected chi connectivity index (χ2v) is 8.26. The van der Waals surface area contributed by atoms with E-state index in [2.05, 4.69) is 13.1 Å². The Morgan fingerprint density at radius 3 is 2.00 bits per heavy atom. The fourth-order valence-electron chi connectivity index (χ4n) is 1.47. The largest absolute Gasteiger partial charge is 0.756 e. The van der Waals surface area contributed by atoms with Crippen molar-refractivity contribution in [3.63, 3.8) is 0 Å². The van der Waals surface area contributed by atoms with Crippen molar-refractivity contribution >= 4 is 23.5 Å². The van der Waals surface area contributed by atoms with Gasteiger partial charge in [-0.3, -0.25) is 18.4 Å². The number of ether oxygens (including phenoxy) is 1. The SMILES string of the molecule is CC.C[C@H]1CC[C@@H](COP(=O)([O-])OP(=O)([O-])OP(=O)([O-])O)O1.F. The molecule has 5 atom stereocenters. The summed E-state index contributed by atoms with van der Waals surface area (Å²) < 4.78 is 48.3. The molecule has 0 aliphatic carbocycles. The van der Waals surface area contributed by atoms with Crippen LogP contribution in [0.1, 0.15) is 33.6 Å². The van der Waals surface area contributed by atoms with Crippen molar-refractivity contribution < 1.29 is 55.9 Å². The second-order valence-electron chi connectivity index (χ2n) is 3.97. The maximum atomic E-state index is 11.2. The highest BCUT2D eigenvalue weighted by Crippen LogP contribution is 2.61. The molecule has 1 saturated heterocycles. The van der Waals surface area contributed by atoms with Crippen molar-refractivity contribution in [1.29, 1.82) is 0 Å². The van der Waals surface area contributed by atoms with E-state index in [1.807, 2.05) is 13.8 Å². The van der Waals surface area contributed by atoms with E-state index in [0.29, 0.717) is 12.8 Å². The maximum Gasteiger partial charge on any atom is 0.280 e. The number of halogens is 1. The van der Waals surface area contributed by atoms with Crippen molar-refractivity contribution in [3.05, 3.63) is 0 Å². The summed E-state index contributed by atoms with van der Waals surface area (Å²) in [6.07, 6.45) is 0.570. The van der Waals surface area contributed by atoms with Gasteiger partial charge in [0, 0.05) is 0 Å². The Labute approximate surface area is 132 Å². The van der Waals surface area contributed by atoms with Crippen LogP contribution in [0.15, 0.2) is 0 Å². The van der Waals surface area contributed by atoms with Crippen molar-refractivity contribution in [1.82, 2.24) is 0 Å². The Bertz CT molecular complexity index is 480. The molecule has 0 aromatic heterocycles. The molecule has 0 aromatic rings. The maximum absolute atomic E-state index is 11.2. The van der Waals surface area contributed by atoms with E-state index in [4.69, 9.17) is 9.63 Å². The van der Waals surface area contributed by atoms with Gasteiger partial charge in [-0.1, -0.05) is 13.8 Å². The first-order valence-electron chi connectivity index (χ1n) is 6.27. The highest BCUT2D eigenvalue weighted by molar-refractivity contribution is 7.65. The van der Waals surface area contributed by atoms with Crippen LogP contribution in [0.25, 0.3) is 0 Å². The van der Waals surface area contributed by atoms with Gasteiger partial charge in [-0.2, -0.15) is 0 Å². The first-order valence-corrected chi connectivity index (χ1v) is 10.7. The van der Waals surface area contributed by atoms with Gasteiger partial charge < -0.3 is 28.8 Å². The number of phosphoric ester groups is 1. The molecule has 0 aromatic carbocycles. The molecule has 1 N–H and O–H groups in total. The summed E-state index contributed by atoms with van der Waals surface area (Å²) in [4.78, 5) is 40.4. The molecular weight excluding hydrogens is 384 g/mol. The van der Waals surface area contributed by atoms with Gasteiger partial charge in [0.25, 0.3) is 23.5 Å². The monoisotopic (exact) mass is 403 g/mol. The number of phosphoric acid groups is 3. The van der Waals surface area contributed by atoms with E-state index in [1.165, 1.54) is 0 Å². The van der Waals surface area contributed by atoms with Crippen LogP contribution >= 0.6 is 23.5 Å². The van der Waals surface area contributed by atoms with Crippen molar-refractivity contribution in [3.8, 4) is 0 Å². The van der Waals surface area contributed by atoms with E-state index in [0.717, 1.165) is 0 Å². The molecule has 0 spiro atoms. The molecule has 1 aliphatic rings. The summed E-state index contributed by atoms with van der Waals surface area (Å²) in [5.74, 6) is 0. The van der Waals surface area contributed by atoms with Crippen molar-refractivity contribution in [2.45, 2.75) is 45.8 Å². The van der Waals surface area contributed by atoms with Crippen molar-refractivity contribution in [2.75, 3.05) is 6.61 Å². The van der Waals surface area contributed by atoms with Gasteiger partial charge in [0.2, 0.25) is 0 Å². The molecule has 15 heteroatoms. The van der Waals surface area contributed by atoms with Crippen molar-refractivity contribution in [2.24, 2.45) is 0 Å². The molecule has 11 nitrogen and oxygen atoms in total. The molecule has 23 heavy (non-hydrogen) atoms. The third-order valence-electron chi connectivity index (χ3n) is 2.14. The third-order valence-corrected chi connectivity index (χ3v) is 5.83. The van der Waals surface area contributed by atoms with E-state index >= 15 is 0 Å². The van der Waals surface area contributed by atoms with Crippen LogP contribution < -0.4 is 14.7 Å². The van der Waals surface area contributed by atoms with Crippen LogP contribution in [0.3, 0.4) is 0 Å². The van der Waals surface area contributed by atoms with Gasteiger partial charge in [0.05, 0.1) is 18.8 Å². The van der Waals surface area contributed by atoms with Gasteiger partial charge in [-0.15, -0.1) is 0 Å². The number of hydrogen-bond donors (Lipinski definition) is 1. The lowest BCUT2D eigenvalue weighted by Gasteiger charge is -2.32. The minimum Gasteiger partial charge on any atom is -0.756 e. The highest BCUT2D eigenvalue weighted by Gasteiger charge is 2.27. The molecule has 1 aliphatic heterocycles. The summed E-state index contributed by atoms with van der Waals surface area (Å²) in [6.45, 7) is 5.28. The number of hydrogen-bond acceptors (Lipinski definition) is 10. The van der Waals surface area contributed by atoms with Crippen LogP contribution in [0.2, 0.25) is 0 Å². The van der Waals surface area contributed by atoms with Gasteiger partial charge in [-0.25, -0.2) is 8.62 Å². The zero-order valence-electron chi connectivity index (χ0n) is 12.6. The summed E-state index contributed by atoms with van der Waals surface area (Å²) in [5.41, 5.74) is 0. The molecule has 0 saturated carbocycles. The average molecular weight is 403 g/mol. The van der Waals surface area contributed by atoms with E-state index < -0.39 is 36.2 Å². The Kier molecular flexibility index (Phi) is 11.5. The first-order chi connectivity index (χ1) is 9.89. The average Bonchev–Trinajstić information content (AvgIpc) is 2.70. The summed E-state index contributed by atoms with van der Waals surface area (Å²) in [7, 11) is -16.9. The zero-order valence-corrected chi connectivity index (χ0v) is 15.2. The van der Waals surface area contributed by atoms with Crippen LogP contribution in [0.4, 0.5) is 4.70 Å². The molecule has 3 unspecified atom stereocenters. The molecular formula is C8H19FO11P3-3. The summed E-state index contributed by atoms with van der Waals surface area (Å²) in [6, 6.07) is 0. The van der Waals surface area contributed by atoms with Crippen LogP contribution in [0, 0.1) is 0 Å². The molecule has 1 rings (SSSR count). The molecule has 142 valence electrons. The van der Waals surface area contributed by atoms with Crippen LogP contribution in [0.5, 0.6) is 0 Å². The van der Waals surface area contributed by atoms with E-state index in [1.54, 1.807) is 6.92 Å². The van der Waals surface area contributed by atoms with E-state index in [9.17, 15) is 28.4 Å². The Morgan fingerprint density at radius 2 is 1.61 bits per heavy atom. The van der Waals surface area contributed by atoms with Crippen LogP contribution in [-0.2, 0) is 31.6 Å². The Hall–Kier alpha value is 0.300. The predicted molar refractivity (Wildman–Crippen MR) is 70.6 cm³/mol. The Balaban J connectivity index is 0. The summed E-state index contributed by atoms with van der Waals surface area (Å²) >= 11 is 0. The number of rotatable bonds is 7. The highest BCUT2D eigenvalue weighted by atomic mass is 31.3. The predicted octanol–water partition coefficient (Wildman–Crippen LogP) is 0.180. The van der Waals surface area contributed by atoms with Gasteiger partial charge in [0.1, 0.15) is 0 Å². The molecule has 0 bridgehead atoms. The lowest BCUT2D eigenvalue weighted by atomic mass is 10.2. The second kappa shape index (κ2) is 10.3. The quantitative estimate of drug-likeness (QED) is 0.573. The van der Waals surface area contributed by atoms with Gasteiger partial charge >= 0.3 is 0 Å². The summed E-state index contributed by atoms with van der Waals surface area (Å²) in [5, 5.41) is 0. The first kappa shape index (κ1) is 25.5. The van der Waals surface area contributed by atoms with E-state index in [-0.39, 0.29) is 10.8 Å². The van der Waals surface area contributed by atoms with Gasteiger partial charge in [0.15, 0.2) is 0 Å². The minimum atomic E-state index is -5.83. The minimum absolute atomic E-state index is 0. The third kappa shape index (κ3) is 12.3. The Morgan fingerprint density at radius 1 is 1.09 bits per heavy atom. The fraction of sp³-hybridized carbons (Fsp3) is 1.00. The van der Waals surface area contributed by atoms with Gasteiger partial charge in [-0.05, 0) is 19.8 Å². The standard InChI is InChI=1S/C6H15O11P3.C2H6.FH/c1-5-2-3-6(15-5)4-14-19(10,11)17-20(12,13)16-18(7,8)9;1-2;/h5-6H,2-4H2,1H3,(H,10,11)(H,12,13)(H2,7,8,9);1-2H3;1H/p-3/t5-,6-;;/m0../s1. The molecule has 1 fully saturated rings. The lowest BCUT2D eigenvalue weighted by Crippen LogP contribution is -2.20. The zero-order chi connectivity index (χ0) is 17.6. The molecule has 1 heterocycles. The topological polar surface area (TPSA) is 178 Å². The molecule has 0 amide bonds. The fourth-order valence-corrected chi connectivity index (χ4v) is 4.39. The van der Waals surface area contributed by atoms with Crippen LogP contribution in [-0.4, -0.2) is 23.7 Å². The normalized spacial score (nSPS) is 28.3. The lowest BCUT2D eigenvalue weighted by molar-refractivity contribution is -0.250. The molecule has 0 radical (unpaired) electrons.